The molecule has 2 heterocycles. The molecule has 0 aliphatic carbocycles. The van der Waals surface area contributed by atoms with Gasteiger partial charge in [0.05, 0.1) is 17.1 Å². The highest BCUT2D eigenvalue weighted by Gasteiger charge is 2.16. The summed E-state index contributed by atoms with van der Waals surface area (Å²) in [4.78, 5) is 9.92. The van der Waals surface area contributed by atoms with Gasteiger partial charge < -0.3 is 19.2 Å². The molecular formula is C34H24ClFN6O3. The molecule has 2 aromatic heterocycles. The van der Waals surface area contributed by atoms with Gasteiger partial charge >= 0.3 is 6.02 Å². The van der Waals surface area contributed by atoms with Gasteiger partial charge in [-0.15, -0.1) is 0 Å². The Kier molecular flexibility index (Phi) is 8.53. The average molecular weight is 619 g/mol. The van der Waals surface area contributed by atoms with Crippen molar-refractivity contribution in [2.75, 3.05) is 5.32 Å². The number of halogens is 2. The number of furan rings is 1. The van der Waals surface area contributed by atoms with E-state index < -0.39 is 0 Å². The number of nitrogens with one attached hydrogen (secondary N) is 2. The molecule has 0 unspecified atom stereocenters. The molecule has 0 amide bonds. The molecule has 6 aromatic rings. The number of amidine groups is 1. The first-order chi connectivity index (χ1) is 21.9. The first kappa shape index (κ1) is 29.2. The number of ether oxygens (including phenoxy) is 2. The van der Waals surface area contributed by atoms with Gasteiger partial charge in [-0.3, -0.25) is 5.41 Å². The van der Waals surface area contributed by atoms with Crippen LogP contribution < -0.4 is 14.8 Å². The highest BCUT2D eigenvalue weighted by molar-refractivity contribution is 6.32. The van der Waals surface area contributed by atoms with Gasteiger partial charge in [-0.25, -0.2) is 19.3 Å². The maximum Gasteiger partial charge on any atom is 0.304 e. The van der Waals surface area contributed by atoms with E-state index in [1.807, 2.05) is 36.5 Å². The fourth-order valence-corrected chi connectivity index (χ4v) is 4.75. The monoisotopic (exact) mass is 618 g/mol. The zero-order valence-electron chi connectivity index (χ0n) is 23.6. The lowest BCUT2D eigenvalue weighted by molar-refractivity contribution is 0.306. The van der Waals surface area contributed by atoms with Crippen LogP contribution in [0.15, 0.2) is 114 Å². The number of para-hydroxylation sites is 1. The molecule has 45 heavy (non-hydrogen) atoms. The summed E-state index contributed by atoms with van der Waals surface area (Å²) in [5.74, 6) is 2.19. The predicted molar refractivity (Wildman–Crippen MR) is 169 cm³/mol. The molecule has 0 atom stereocenters. The third-order valence-corrected chi connectivity index (χ3v) is 6.99. The fourth-order valence-electron chi connectivity index (χ4n) is 4.51. The minimum Gasteiger partial charge on any atom is -0.487 e. The van der Waals surface area contributed by atoms with Crippen LogP contribution in [0.5, 0.6) is 11.5 Å². The van der Waals surface area contributed by atoms with Gasteiger partial charge in [-0.2, -0.15) is 5.26 Å². The minimum atomic E-state index is -0.328. The molecular weight excluding hydrogens is 595 g/mol. The molecule has 0 saturated heterocycles. The molecule has 0 radical (unpaired) electrons. The van der Waals surface area contributed by atoms with Crippen LogP contribution in [-0.2, 0) is 13.2 Å². The summed E-state index contributed by atoms with van der Waals surface area (Å²) in [6.07, 6.45) is 3.43. The number of nitrogens with zero attached hydrogens (tertiary/aromatic N) is 4. The van der Waals surface area contributed by atoms with E-state index in [1.54, 1.807) is 60.7 Å². The Labute approximate surface area is 262 Å². The van der Waals surface area contributed by atoms with Gasteiger partial charge in [0.2, 0.25) is 0 Å². The zero-order chi connectivity index (χ0) is 31.2. The van der Waals surface area contributed by atoms with E-state index in [0.29, 0.717) is 50.6 Å². The summed E-state index contributed by atoms with van der Waals surface area (Å²) < 4.78 is 30.8. The minimum absolute atomic E-state index is 0.0222. The molecule has 0 aliphatic rings. The van der Waals surface area contributed by atoms with Crippen molar-refractivity contribution in [2.24, 2.45) is 0 Å². The number of nitriles is 1. The second-order valence-corrected chi connectivity index (χ2v) is 10.2. The third kappa shape index (κ3) is 7.01. The van der Waals surface area contributed by atoms with Crippen molar-refractivity contribution in [2.45, 2.75) is 13.2 Å². The van der Waals surface area contributed by atoms with E-state index >= 15 is 0 Å². The predicted octanol–water partition coefficient (Wildman–Crippen LogP) is 8.30. The largest absolute Gasteiger partial charge is 0.487 e. The standard InChI is InChI=1S/C34H24ClFN6O3/c35-29-17-25(10-13-32(29)43-19-22-5-4-6-24(36)15-22)41-33-28-16-23(9-12-30(28)39-21-40-33)31-14-11-27(44-31)18-42(20-37)34(38)45-26-7-2-1-3-8-26/h1-17,21,38H,18-19H2,(H,39,40,41). The summed E-state index contributed by atoms with van der Waals surface area (Å²) in [5, 5.41) is 22.2. The second-order valence-electron chi connectivity index (χ2n) is 9.82. The molecule has 0 spiro atoms. The maximum absolute atomic E-state index is 13.5. The highest BCUT2D eigenvalue weighted by atomic mass is 35.5. The maximum atomic E-state index is 13.5. The summed E-state index contributed by atoms with van der Waals surface area (Å²) in [6, 6.07) is 29.2. The van der Waals surface area contributed by atoms with E-state index in [-0.39, 0.29) is 25.0 Å². The Bertz CT molecular complexity index is 2030. The van der Waals surface area contributed by atoms with Crippen molar-refractivity contribution in [1.29, 1.82) is 10.7 Å². The summed E-state index contributed by atoms with van der Waals surface area (Å²) >= 11 is 6.50. The molecule has 9 nitrogen and oxygen atoms in total. The molecule has 0 aliphatic heterocycles. The van der Waals surface area contributed by atoms with Crippen LogP contribution in [0.25, 0.3) is 22.2 Å². The van der Waals surface area contributed by atoms with E-state index in [4.69, 9.17) is 30.9 Å². The number of hydrogen-bond acceptors (Lipinski definition) is 8. The van der Waals surface area contributed by atoms with Gasteiger partial charge in [0.1, 0.15) is 47.6 Å². The zero-order valence-corrected chi connectivity index (χ0v) is 24.3. The lowest BCUT2D eigenvalue weighted by Gasteiger charge is -2.15. The van der Waals surface area contributed by atoms with Crippen LogP contribution >= 0.6 is 11.6 Å². The molecule has 222 valence electrons. The lowest BCUT2D eigenvalue weighted by atomic mass is 10.1. The van der Waals surface area contributed by atoms with Gasteiger partial charge in [-0.05, 0) is 78.4 Å². The van der Waals surface area contributed by atoms with Crippen LogP contribution in [0.1, 0.15) is 11.3 Å². The van der Waals surface area contributed by atoms with Crippen molar-refractivity contribution in [3.63, 3.8) is 0 Å². The van der Waals surface area contributed by atoms with E-state index in [9.17, 15) is 9.65 Å². The fraction of sp³-hybridized carbons (Fsp3) is 0.0588. The Morgan fingerprint density at radius 2 is 1.84 bits per heavy atom. The van der Waals surface area contributed by atoms with Crippen LogP contribution in [0.3, 0.4) is 0 Å². The molecule has 11 heteroatoms. The molecule has 0 saturated carbocycles. The molecule has 0 bridgehead atoms. The van der Waals surface area contributed by atoms with Crippen molar-refractivity contribution in [1.82, 2.24) is 14.9 Å². The average Bonchev–Trinajstić information content (AvgIpc) is 3.52. The van der Waals surface area contributed by atoms with Gasteiger partial charge in [0.25, 0.3) is 0 Å². The normalized spacial score (nSPS) is 10.7. The van der Waals surface area contributed by atoms with E-state index in [1.165, 1.54) is 18.5 Å². The highest BCUT2D eigenvalue weighted by Crippen LogP contribution is 2.33. The van der Waals surface area contributed by atoms with Gasteiger partial charge in [0.15, 0.2) is 6.19 Å². The van der Waals surface area contributed by atoms with Crippen LogP contribution in [0, 0.1) is 22.7 Å². The van der Waals surface area contributed by atoms with Crippen LogP contribution in [0.2, 0.25) is 5.02 Å². The van der Waals surface area contributed by atoms with E-state index in [2.05, 4.69) is 15.3 Å². The number of rotatable bonds is 9. The van der Waals surface area contributed by atoms with Crippen molar-refractivity contribution < 1.29 is 18.3 Å². The van der Waals surface area contributed by atoms with Crippen LogP contribution in [-0.4, -0.2) is 20.9 Å². The third-order valence-electron chi connectivity index (χ3n) is 6.70. The summed E-state index contributed by atoms with van der Waals surface area (Å²) in [6.45, 7) is 0.199. The summed E-state index contributed by atoms with van der Waals surface area (Å²) in [7, 11) is 0. The number of anilines is 2. The number of hydrogen-bond donors (Lipinski definition) is 2. The lowest BCUT2D eigenvalue weighted by Crippen LogP contribution is -2.29. The quantitative estimate of drug-likeness (QED) is 0.0718. The Morgan fingerprint density at radius 1 is 0.978 bits per heavy atom. The van der Waals surface area contributed by atoms with Crippen molar-refractivity contribution in [3.8, 4) is 29.0 Å². The van der Waals surface area contributed by atoms with Crippen molar-refractivity contribution in [3.05, 3.63) is 132 Å². The first-order valence-corrected chi connectivity index (χ1v) is 14.1. The number of benzene rings is 4. The second kappa shape index (κ2) is 13.2. The number of fused-ring (bicyclic) bond motifs is 1. The Hall–Kier alpha value is -5.92. The van der Waals surface area contributed by atoms with Crippen LogP contribution in [0.4, 0.5) is 15.9 Å². The van der Waals surface area contributed by atoms with E-state index in [0.717, 1.165) is 15.8 Å². The van der Waals surface area contributed by atoms with Crippen molar-refractivity contribution >= 4 is 40.0 Å². The molecule has 2 N–H and O–H groups in total. The molecule has 4 aromatic carbocycles. The number of aromatic nitrogens is 2. The summed E-state index contributed by atoms with van der Waals surface area (Å²) in [5.41, 5.74) is 2.86. The molecule has 6 rings (SSSR count). The van der Waals surface area contributed by atoms with Gasteiger partial charge in [0, 0.05) is 16.6 Å². The SMILES string of the molecule is N#CN(Cc1ccc(-c2ccc3ncnc(Nc4ccc(OCc5cccc(F)c5)c(Cl)c4)c3c2)o1)C(=N)Oc1ccccc1. The molecule has 0 fully saturated rings. The first-order valence-electron chi connectivity index (χ1n) is 13.7. The van der Waals surface area contributed by atoms with Gasteiger partial charge in [-0.1, -0.05) is 41.9 Å². The Balaban J connectivity index is 1.16. The Morgan fingerprint density at radius 3 is 2.64 bits per heavy atom. The topological polar surface area (TPSA) is 120 Å². The smallest absolute Gasteiger partial charge is 0.304 e.